The van der Waals surface area contributed by atoms with E-state index >= 15 is 0 Å². The van der Waals surface area contributed by atoms with Gasteiger partial charge in [-0.25, -0.2) is 0 Å². The second-order valence-corrected chi connectivity index (χ2v) is 5.09. The summed E-state index contributed by atoms with van der Waals surface area (Å²) in [6.07, 6.45) is 2.77. The summed E-state index contributed by atoms with van der Waals surface area (Å²) in [5.74, 6) is -0.134. The van der Waals surface area contributed by atoms with E-state index in [9.17, 15) is 4.79 Å². The number of oxazole rings is 1. The van der Waals surface area contributed by atoms with Gasteiger partial charge in [-0.15, -0.1) is 0 Å². The number of benzene rings is 1. The fourth-order valence-corrected chi connectivity index (χ4v) is 2.38. The third-order valence-corrected chi connectivity index (χ3v) is 3.50. The standard InChI is InChI=1S/C15H14ClN3O2/c1-19-8-2-3-11(19)6-7-17-14(20)10-4-5-13-12(9-10)18-15(16)21-13/h2-5,8-9H,6-7H2,1H3,(H,17,20). The summed E-state index contributed by atoms with van der Waals surface area (Å²) in [5, 5.41) is 2.97. The lowest BCUT2D eigenvalue weighted by Gasteiger charge is -2.06. The molecule has 0 unspecified atom stereocenters. The maximum absolute atomic E-state index is 12.1. The zero-order valence-corrected chi connectivity index (χ0v) is 12.2. The number of hydrogen-bond donors (Lipinski definition) is 1. The minimum Gasteiger partial charge on any atom is -0.428 e. The second-order valence-electron chi connectivity index (χ2n) is 4.77. The van der Waals surface area contributed by atoms with Crippen molar-refractivity contribution in [2.45, 2.75) is 6.42 Å². The van der Waals surface area contributed by atoms with E-state index in [2.05, 4.69) is 10.3 Å². The number of rotatable bonds is 4. The van der Waals surface area contributed by atoms with E-state index < -0.39 is 0 Å². The van der Waals surface area contributed by atoms with E-state index in [0.29, 0.717) is 23.2 Å². The molecule has 0 aliphatic heterocycles. The minimum absolute atomic E-state index is 0.0752. The van der Waals surface area contributed by atoms with E-state index in [1.165, 1.54) is 5.69 Å². The number of carbonyl (C=O) groups excluding carboxylic acids is 1. The topological polar surface area (TPSA) is 60.1 Å². The van der Waals surface area contributed by atoms with Crippen LogP contribution in [0, 0.1) is 0 Å². The van der Waals surface area contributed by atoms with Crippen molar-refractivity contribution in [3.05, 3.63) is 53.1 Å². The molecule has 21 heavy (non-hydrogen) atoms. The Kier molecular flexibility index (Phi) is 3.66. The highest BCUT2D eigenvalue weighted by atomic mass is 35.5. The summed E-state index contributed by atoms with van der Waals surface area (Å²) < 4.78 is 7.20. The Balaban J connectivity index is 1.65. The van der Waals surface area contributed by atoms with Gasteiger partial charge in [-0.05, 0) is 41.9 Å². The van der Waals surface area contributed by atoms with Crippen LogP contribution in [0.3, 0.4) is 0 Å². The number of nitrogens with one attached hydrogen (secondary N) is 1. The maximum atomic E-state index is 12.1. The molecule has 1 aromatic carbocycles. The number of aryl methyl sites for hydroxylation is 1. The van der Waals surface area contributed by atoms with Crippen LogP contribution in [0.2, 0.25) is 5.35 Å². The number of halogens is 1. The van der Waals surface area contributed by atoms with Gasteiger partial charge in [0.1, 0.15) is 5.52 Å². The van der Waals surface area contributed by atoms with Gasteiger partial charge in [0.25, 0.3) is 11.3 Å². The number of hydrogen-bond acceptors (Lipinski definition) is 3. The molecule has 6 heteroatoms. The van der Waals surface area contributed by atoms with E-state index in [0.717, 1.165) is 6.42 Å². The van der Waals surface area contributed by atoms with Crippen molar-refractivity contribution >= 4 is 28.6 Å². The average molecular weight is 304 g/mol. The van der Waals surface area contributed by atoms with E-state index in [1.54, 1.807) is 18.2 Å². The molecule has 0 aliphatic rings. The number of aromatic nitrogens is 2. The van der Waals surface area contributed by atoms with Gasteiger partial charge in [-0.3, -0.25) is 4.79 Å². The van der Waals surface area contributed by atoms with Gasteiger partial charge in [0, 0.05) is 37.5 Å². The van der Waals surface area contributed by atoms with Crippen molar-refractivity contribution < 1.29 is 9.21 Å². The number of fused-ring (bicyclic) bond motifs is 1. The van der Waals surface area contributed by atoms with Crippen LogP contribution in [0.15, 0.2) is 40.9 Å². The first kappa shape index (κ1) is 13.7. The third-order valence-electron chi connectivity index (χ3n) is 3.34. The normalized spacial score (nSPS) is 11.0. The predicted molar refractivity (Wildman–Crippen MR) is 80.5 cm³/mol. The molecule has 0 atom stereocenters. The van der Waals surface area contributed by atoms with E-state index in [1.807, 2.05) is 29.9 Å². The summed E-state index contributed by atoms with van der Waals surface area (Å²) in [4.78, 5) is 16.1. The molecule has 2 heterocycles. The van der Waals surface area contributed by atoms with Crippen LogP contribution in [0.5, 0.6) is 0 Å². The molecule has 3 aromatic rings. The van der Waals surface area contributed by atoms with Crippen LogP contribution < -0.4 is 5.32 Å². The SMILES string of the molecule is Cn1cccc1CCNC(=O)c1ccc2oc(Cl)nc2c1. The molecular formula is C15H14ClN3O2. The van der Waals surface area contributed by atoms with Crippen LogP contribution in [0.4, 0.5) is 0 Å². The lowest BCUT2D eigenvalue weighted by molar-refractivity contribution is 0.0954. The second kappa shape index (κ2) is 5.61. The molecule has 0 bridgehead atoms. The smallest absolute Gasteiger partial charge is 0.293 e. The summed E-state index contributed by atoms with van der Waals surface area (Å²) in [6.45, 7) is 0.578. The molecule has 0 aliphatic carbocycles. The molecule has 1 N–H and O–H groups in total. The lowest BCUT2D eigenvalue weighted by Crippen LogP contribution is -2.26. The van der Waals surface area contributed by atoms with Crippen LogP contribution in [0.1, 0.15) is 16.1 Å². The van der Waals surface area contributed by atoms with Crippen LogP contribution in [-0.2, 0) is 13.5 Å². The quantitative estimate of drug-likeness (QED) is 0.806. The summed E-state index contributed by atoms with van der Waals surface area (Å²) in [6, 6.07) is 9.08. The third kappa shape index (κ3) is 2.92. The van der Waals surface area contributed by atoms with Crippen molar-refractivity contribution in [3.8, 4) is 0 Å². The van der Waals surface area contributed by atoms with Crippen LogP contribution >= 0.6 is 11.6 Å². The molecule has 0 fully saturated rings. The highest BCUT2D eigenvalue weighted by Gasteiger charge is 2.09. The molecule has 0 spiro atoms. The molecule has 0 radical (unpaired) electrons. The van der Waals surface area contributed by atoms with Crippen LogP contribution in [0.25, 0.3) is 11.1 Å². The van der Waals surface area contributed by atoms with Crippen molar-refractivity contribution in [1.82, 2.24) is 14.9 Å². The summed E-state index contributed by atoms with van der Waals surface area (Å²) >= 11 is 5.69. The van der Waals surface area contributed by atoms with Crippen molar-refractivity contribution in [2.75, 3.05) is 6.54 Å². The Morgan fingerprint density at radius 1 is 1.43 bits per heavy atom. The van der Waals surface area contributed by atoms with E-state index in [-0.39, 0.29) is 11.3 Å². The molecule has 0 saturated heterocycles. The first-order chi connectivity index (χ1) is 10.1. The number of nitrogens with zero attached hydrogens (tertiary/aromatic N) is 2. The van der Waals surface area contributed by atoms with Crippen molar-refractivity contribution in [3.63, 3.8) is 0 Å². The number of carbonyl (C=O) groups is 1. The molecular weight excluding hydrogens is 290 g/mol. The highest BCUT2D eigenvalue weighted by Crippen LogP contribution is 2.19. The average Bonchev–Trinajstić information content (AvgIpc) is 3.02. The monoisotopic (exact) mass is 303 g/mol. The first-order valence-electron chi connectivity index (χ1n) is 6.58. The summed E-state index contributed by atoms with van der Waals surface area (Å²) in [5.41, 5.74) is 2.86. The van der Waals surface area contributed by atoms with Gasteiger partial charge in [-0.2, -0.15) is 4.98 Å². The Bertz CT molecular complexity index is 791. The molecule has 3 rings (SSSR count). The minimum atomic E-state index is -0.134. The van der Waals surface area contributed by atoms with Crippen molar-refractivity contribution in [1.29, 1.82) is 0 Å². The molecule has 108 valence electrons. The Hall–Kier alpha value is -2.27. The lowest BCUT2D eigenvalue weighted by atomic mass is 10.2. The maximum Gasteiger partial charge on any atom is 0.293 e. The zero-order chi connectivity index (χ0) is 14.8. The predicted octanol–water partition coefficient (Wildman–Crippen LogP) is 2.79. The van der Waals surface area contributed by atoms with Crippen molar-refractivity contribution in [2.24, 2.45) is 7.05 Å². The van der Waals surface area contributed by atoms with Gasteiger partial charge in [0.2, 0.25) is 0 Å². The number of amides is 1. The summed E-state index contributed by atoms with van der Waals surface area (Å²) in [7, 11) is 1.99. The van der Waals surface area contributed by atoms with E-state index in [4.69, 9.17) is 16.0 Å². The molecule has 1 amide bonds. The van der Waals surface area contributed by atoms with Gasteiger partial charge in [0.15, 0.2) is 5.58 Å². The van der Waals surface area contributed by atoms with Gasteiger partial charge >= 0.3 is 0 Å². The fourth-order valence-electron chi connectivity index (χ4n) is 2.20. The van der Waals surface area contributed by atoms with Gasteiger partial charge in [-0.1, -0.05) is 0 Å². The van der Waals surface area contributed by atoms with Gasteiger partial charge < -0.3 is 14.3 Å². The van der Waals surface area contributed by atoms with Crippen LogP contribution in [-0.4, -0.2) is 22.0 Å². The Morgan fingerprint density at radius 3 is 3.05 bits per heavy atom. The highest BCUT2D eigenvalue weighted by molar-refractivity contribution is 6.28. The zero-order valence-electron chi connectivity index (χ0n) is 11.5. The first-order valence-corrected chi connectivity index (χ1v) is 6.96. The Labute approximate surface area is 126 Å². The fraction of sp³-hybridized carbons (Fsp3) is 0.200. The molecule has 2 aromatic heterocycles. The van der Waals surface area contributed by atoms with Gasteiger partial charge in [0.05, 0.1) is 0 Å². The Morgan fingerprint density at radius 2 is 2.29 bits per heavy atom. The molecule has 5 nitrogen and oxygen atoms in total. The molecule has 0 saturated carbocycles. The largest absolute Gasteiger partial charge is 0.428 e.